The van der Waals surface area contributed by atoms with E-state index in [4.69, 9.17) is 0 Å². The number of hydrogen-bond acceptors (Lipinski definition) is 4. The molecule has 0 unspecified atom stereocenters. The first kappa shape index (κ1) is 17.3. The minimum Gasteiger partial charge on any atom is -0.314 e. The summed E-state index contributed by atoms with van der Waals surface area (Å²) >= 11 is 0. The van der Waals surface area contributed by atoms with Crippen molar-refractivity contribution < 1.29 is 9.18 Å². The zero-order valence-electron chi connectivity index (χ0n) is 14.2. The normalized spacial score (nSPS) is 15.0. The molecule has 1 aromatic heterocycles. The van der Waals surface area contributed by atoms with Gasteiger partial charge in [-0.05, 0) is 25.1 Å². The Labute approximate surface area is 146 Å². The second kappa shape index (κ2) is 8.04. The smallest absolute Gasteiger partial charge is 0.314 e. The van der Waals surface area contributed by atoms with Gasteiger partial charge >= 0.3 is 6.03 Å². The summed E-state index contributed by atoms with van der Waals surface area (Å²) in [6.45, 7) is 5.99. The van der Waals surface area contributed by atoms with Crippen molar-refractivity contribution in [2.75, 3.05) is 36.8 Å². The molecule has 2 heterocycles. The monoisotopic (exact) mass is 343 g/mol. The van der Waals surface area contributed by atoms with Gasteiger partial charge < -0.3 is 16.0 Å². The first-order valence-electron chi connectivity index (χ1n) is 8.33. The maximum absolute atomic E-state index is 14.7. The summed E-state index contributed by atoms with van der Waals surface area (Å²) in [4.78, 5) is 18.4. The molecule has 0 aliphatic carbocycles. The van der Waals surface area contributed by atoms with Gasteiger partial charge in [-0.15, -0.1) is 0 Å². The average Bonchev–Trinajstić information content (AvgIpc) is 2.61. The number of hydrogen-bond donors (Lipinski definition) is 3. The summed E-state index contributed by atoms with van der Waals surface area (Å²) in [6.07, 6.45) is 1.56. The van der Waals surface area contributed by atoms with Gasteiger partial charge in [0.05, 0.1) is 17.6 Å². The van der Waals surface area contributed by atoms with Gasteiger partial charge in [-0.3, -0.25) is 9.88 Å². The van der Waals surface area contributed by atoms with Crippen molar-refractivity contribution in [2.45, 2.75) is 13.5 Å². The lowest BCUT2D eigenvalue weighted by molar-refractivity contribution is 0.230. The number of anilines is 2. The van der Waals surface area contributed by atoms with Crippen LogP contribution in [-0.4, -0.2) is 42.1 Å². The zero-order chi connectivity index (χ0) is 17.6. The van der Waals surface area contributed by atoms with Gasteiger partial charge in [0.25, 0.3) is 0 Å². The number of carbonyl (C=O) groups is 1. The van der Waals surface area contributed by atoms with Crippen LogP contribution in [-0.2, 0) is 6.54 Å². The summed E-state index contributed by atoms with van der Waals surface area (Å²) in [5.74, 6) is -0.391. The predicted molar refractivity (Wildman–Crippen MR) is 96.2 cm³/mol. The Morgan fingerprint density at radius 2 is 2.04 bits per heavy atom. The highest BCUT2D eigenvalue weighted by atomic mass is 19.1. The maximum atomic E-state index is 14.7. The van der Waals surface area contributed by atoms with Crippen LogP contribution in [0.5, 0.6) is 0 Å². The molecule has 6 nitrogen and oxygen atoms in total. The van der Waals surface area contributed by atoms with Crippen molar-refractivity contribution in [1.29, 1.82) is 0 Å². The zero-order valence-corrected chi connectivity index (χ0v) is 14.2. The van der Waals surface area contributed by atoms with Crippen LogP contribution in [0.25, 0.3) is 0 Å². The quantitative estimate of drug-likeness (QED) is 0.798. The van der Waals surface area contributed by atoms with E-state index in [9.17, 15) is 9.18 Å². The van der Waals surface area contributed by atoms with Crippen molar-refractivity contribution in [3.63, 3.8) is 0 Å². The minimum atomic E-state index is -0.496. The van der Waals surface area contributed by atoms with Crippen molar-refractivity contribution in [1.82, 2.24) is 15.2 Å². The number of benzene rings is 1. The Morgan fingerprint density at radius 1 is 1.24 bits per heavy atom. The molecule has 1 fully saturated rings. The van der Waals surface area contributed by atoms with Crippen LogP contribution in [0, 0.1) is 12.7 Å². The number of rotatable bonds is 4. The standard InChI is InChI=1S/C18H22FN5O/c1-13-5-6-15(11-21-13)22-18(25)23-16-4-2-3-14(17(16)19)12-24-9-7-20-8-10-24/h2-6,11,20H,7-10,12H2,1H3,(H2,22,23,25). The van der Waals surface area contributed by atoms with Gasteiger partial charge in [-0.1, -0.05) is 12.1 Å². The van der Waals surface area contributed by atoms with Crippen molar-refractivity contribution in [3.8, 4) is 0 Å². The van der Waals surface area contributed by atoms with E-state index in [0.717, 1.165) is 31.9 Å². The van der Waals surface area contributed by atoms with Gasteiger partial charge in [-0.25, -0.2) is 9.18 Å². The number of nitrogens with zero attached hydrogens (tertiary/aromatic N) is 2. The number of halogens is 1. The molecule has 2 aromatic rings. The van der Waals surface area contributed by atoms with Gasteiger partial charge in [0.2, 0.25) is 0 Å². The van der Waals surface area contributed by atoms with Crippen molar-refractivity contribution in [2.24, 2.45) is 0 Å². The van der Waals surface area contributed by atoms with E-state index in [2.05, 4.69) is 25.8 Å². The maximum Gasteiger partial charge on any atom is 0.323 e. The Hall–Kier alpha value is -2.51. The molecule has 0 atom stereocenters. The number of pyridine rings is 1. The van der Waals surface area contributed by atoms with Crippen LogP contribution in [0.3, 0.4) is 0 Å². The number of piperazine rings is 1. The molecule has 1 saturated heterocycles. The van der Waals surface area contributed by atoms with Crippen molar-refractivity contribution in [3.05, 3.63) is 53.6 Å². The minimum absolute atomic E-state index is 0.171. The van der Waals surface area contributed by atoms with Crippen LogP contribution in [0.4, 0.5) is 20.6 Å². The van der Waals surface area contributed by atoms with Gasteiger partial charge in [0.1, 0.15) is 0 Å². The second-order valence-electron chi connectivity index (χ2n) is 6.07. The molecule has 25 heavy (non-hydrogen) atoms. The summed E-state index contributed by atoms with van der Waals surface area (Å²) in [7, 11) is 0. The molecule has 7 heteroatoms. The summed E-state index contributed by atoms with van der Waals surface area (Å²) in [5.41, 5.74) is 2.17. The van der Waals surface area contributed by atoms with E-state index < -0.39 is 11.8 Å². The Morgan fingerprint density at radius 3 is 2.76 bits per heavy atom. The Bertz CT molecular complexity index is 729. The first-order chi connectivity index (χ1) is 12.1. The molecule has 3 rings (SSSR count). The molecule has 1 aromatic carbocycles. The van der Waals surface area contributed by atoms with Crippen LogP contribution in [0.1, 0.15) is 11.3 Å². The number of urea groups is 1. The molecule has 0 spiro atoms. The summed E-state index contributed by atoms with van der Waals surface area (Å²) in [6, 6.07) is 8.12. The lowest BCUT2D eigenvalue weighted by Gasteiger charge is -2.27. The fourth-order valence-electron chi connectivity index (χ4n) is 2.74. The third-order valence-electron chi connectivity index (χ3n) is 4.10. The number of aromatic nitrogens is 1. The molecule has 0 saturated carbocycles. The number of amides is 2. The third kappa shape index (κ3) is 4.74. The Kier molecular flexibility index (Phi) is 5.57. The van der Waals surface area contributed by atoms with Gasteiger partial charge in [-0.2, -0.15) is 0 Å². The highest BCUT2D eigenvalue weighted by molar-refractivity contribution is 5.99. The number of carbonyl (C=O) groups excluding carboxylic acids is 1. The lowest BCUT2D eigenvalue weighted by atomic mass is 10.1. The molecule has 2 amide bonds. The molecular weight excluding hydrogens is 321 g/mol. The van der Waals surface area contributed by atoms with E-state index in [0.29, 0.717) is 17.8 Å². The van der Waals surface area contributed by atoms with E-state index in [1.54, 1.807) is 36.5 Å². The topological polar surface area (TPSA) is 69.3 Å². The van der Waals surface area contributed by atoms with Gasteiger partial charge in [0.15, 0.2) is 5.82 Å². The predicted octanol–water partition coefficient (Wildman–Crippen LogP) is 2.58. The summed E-state index contributed by atoms with van der Waals surface area (Å²) in [5, 5.41) is 8.49. The molecule has 3 N–H and O–H groups in total. The SMILES string of the molecule is Cc1ccc(NC(=O)Nc2cccc(CN3CCNCC3)c2F)cn1. The molecular formula is C18H22FN5O. The fourth-order valence-corrected chi connectivity index (χ4v) is 2.74. The lowest BCUT2D eigenvalue weighted by Crippen LogP contribution is -2.43. The molecule has 0 radical (unpaired) electrons. The first-order valence-corrected chi connectivity index (χ1v) is 8.33. The van der Waals surface area contributed by atoms with Crippen LogP contribution in [0.15, 0.2) is 36.5 Å². The average molecular weight is 343 g/mol. The molecule has 1 aliphatic rings. The number of nitrogens with one attached hydrogen (secondary N) is 3. The van der Waals surface area contributed by atoms with Crippen molar-refractivity contribution >= 4 is 17.4 Å². The van der Waals surface area contributed by atoms with Crippen LogP contribution in [0.2, 0.25) is 0 Å². The van der Waals surface area contributed by atoms with Gasteiger partial charge in [0, 0.05) is 44.0 Å². The number of aryl methyl sites for hydroxylation is 1. The second-order valence-corrected chi connectivity index (χ2v) is 6.07. The van der Waals surface area contributed by atoms with Crippen LogP contribution >= 0.6 is 0 Å². The summed E-state index contributed by atoms with van der Waals surface area (Å²) < 4.78 is 14.7. The Balaban J connectivity index is 1.64. The van der Waals surface area contributed by atoms with E-state index in [-0.39, 0.29) is 5.69 Å². The molecule has 0 bridgehead atoms. The van der Waals surface area contributed by atoms with E-state index in [1.165, 1.54) is 0 Å². The highest BCUT2D eigenvalue weighted by Crippen LogP contribution is 2.20. The van der Waals surface area contributed by atoms with Crippen LogP contribution < -0.4 is 16.0 Å². The highest BCUT2D eigenvalue weighted by Gasteiger charge is 2.15. The van der Waals surface area contributed by atoms with E-state index in [1.807, 2.05) is 6.92 Å². The molecule has 1 aliphatic heterocycles. The molecule has 132 valence electrons. The van der Waals surface area contributed by atoms with E-state index >= 15 is 0 Å². The largest absolute Gasteiger partial charge is 0.323 e. The fraction of sp³-hybridized carbons (Fsp3) is 0.333. The third-order valence-corrected chi connectivity index (χ3v) is 4.10.